The molecule has 0 heterocycles. The predicted molar refractivity (Wildman–Crippen MR) is 95.1 cm³/mol. The number of rotatable bonds is 8. The van der Waals surface area contributed by atoms with Gasteiger partial charge in [-0.1, -0.05) is 52.7 Å². The van der Waals surface area contributed by atoms with Crippen molar-refractivity contribution < 1.29 is 19.1 Å². The smallest absolute Gasteiger partial charge is 0.339 e. The van der Waals surface area contributed by atoms with Crippen LogP contribution in [0.3, 0.4) is 0 Å². The van der Waals surface area contributed by atoms with E-state index in [4.69, 9.17) is 9.47 Å². The van der Waals surface area contributed by atoms with Gasteiger partial charge in [-0.2, -0.15) is 0 Å². The Morgan fingerprint density at radius 1 is 0.792 bits per heavy atom. The number of benzene rings is 1. The van der Waals surface area contributed by atoms with E-state index in [1.165, 1.54) is 0 Å². The fourth-order valence-electron chi connectivity index (χ4n) is 2.20. The predicted octanol–water partition coefficient (Wildman–Crippen LogP) is 4.87. The molecule has 1 aromatic rings. The largest absolute Gasteiger partial charge is 0.459 e. The van der Waals surface area contributed by atoms with Gasteiger partial charge in [-0.05, 0) is 37.8 Å². The Kier molecular flexibility index (Phi) is 7.96. The van der Waals surface area contributed by atoms with Crippen molar-refractivity contribution in [3.05, 3.63) is 35.4 Å². The summed E-state index contributed by atoms with van der Waals surface area (Å²) in [5, 5.41) is 0. The Hall–Kier alpha value is -1.84. The fraction of sp³-hybridized carbons (Fsp3) is 0.600. The van der Waals surface area contributed by atoms with Crippen LogP contribution < -0.4 is 0 Å². The Balaban J connectivity index is 2.91. The van der Waals surface area contributed by atoms with Crippen molar-refractivity contribution in [2.24, 2.45) is 11.8 Å². The molecule has 4 atom stereocenters. The summed E-state index contributed by atoms with van der Waals surface area (Å²) in [6.07, 6.45) is 1.44. The lowest BCUT2D eigenvalue weighted by Crippen LogP contribution is -2.25. The summed E-state index contributed by atoms with van der Waals surface area (Å²) in [7, 11) is 0. The highest BCUT2D eigenvalue weighted by atomic mass is 16.5. The lowest BCUT2D eigenvalue weighted by Gasteiger charge is -2.21. The SMILES string of the molecule is CCC(C)C(C)OC(=O)c1ccccc1C(=O)OC(C)C(C)CC. The second-order valence-electron chi connectivity index (χ2n) is 6.54. The summed E-state index contributed by atoms with van der Waals surface area (Å²) in [4.78, 5) is 24.9. The quantitative estimate of drug-likeness (QED) is 0.636. The molecule has 0 saturated heterocycles. The van der Waals surface area contributed by atoms with Crippen LogP contribution in [0.1, 0.15) is 75.1 Å². The molecular weight excluding hydrogens is 304 g/mol. The molecule has 0 N–H and O–H groups in total. The maximum atomic E-state index is 12.4. The van der Waals surface area contributed by atoms with Crippen LogP contribution in [0.2, 0.25) is 0 Å². The average molecular weight is 334 g/mol. The van der Waals surface area contributed by atoms with Crippen LogP contribution in [0.15, 0.2) is 24.3 Å². The van der Waals surface area contributed by atoms with Gasteiger partial charge in [0.05, 0.1) is 11.1 Å². The number of carbonyl (C=O) groups is 2. The highest BCUT2D eigenvalue weighted by Crippen LogP contribution is 2.19. The highest BCUT2D eigenvalue weighted by molar-refractivity contribution is 6.03. The second-order valence-corrected chi connectivity index (χ2v) is 6.54. The number of hydrogen-bond acceptors (Lipinski definition) is 4. The molecule has 0 radical (unpaired) electrons. The molecule has 4 heteroatoms. The van der Waals surface area contributed by atoms with Crippen LogP contribution in [0.4, 0.5) is 0 Å². The lowest BCUT2D eigenvalue weighted by molar-refractivity contribution is 0.0166. The zero-order valence-electron chi connectivity index (χ0n) is 15.7. The fourth-order valence-corrected chi connectivity index (χ4v) is 2.20. The van der Waals surface area contributed by atoms with Gasteiger partial charge < -0.3 is 9.47 Å². The number of carbonyl (C=O) groups excluding carboxylic acids is 2. The van der Waals surface area contributed by atoms with Crippen molar-refractivity contribution >= 4 is 11.9 Å². The van der Waals surface area contributed by atoms with Crippen molar-refractivity contribution in [1.82, 2.24) is 0 Å². The van der Waals surface area contributed by atoms with Crippen LogP contribution in [0, 0.1) is 11.8 Å². The van der Waals surface area contributed by atoms with E-state index < -0.39 is 11.9 Å². The molecular formula is C20H30O4. The summed E-state index contributed by atoms with van der Waals surface area (Å²) in [5.41, 5.74) is 0.517. The molecule has 24 heavy (non-hydrogen) atoms. The Morgan fingerprint density at radius 2 is 1.12 bits per heavy atom. The van der Waals surface area contributed by atoms with Gasteiger partial charge in [0.1, 0.15) is 12.2 Å². The van der Waals surface area contributed by atoms with E-state index in [9.17, 15) is 9.59 Å². The molecule has 0 amide bonds. The number of esters is 2. The van der Waals surface area contributed by atoms with Crippen LogP contribution in [-0.2, 0) is 9.47 Å². The zero-order valence-corrected chi connectivity index (χ0v) is 15.7. The Labute approximate surface area is 145 Å². The first kappa shape index (κ1) is 20.2. The molecule has 0 saturated carbocycles. The van der Waals surface area contributed by atoms with E-state index >= 15 is 0 Å². The first-order chi connectivity index (χ1) is 11.3. The second kappa shape index (κ2) is 9.45. The molecule has 0 aliphatic heterocycles. The molecule has 0 fully saturated rings. The third-order valence-electron chi connectivity index (χ3n) is 4.84. The monoisotopic (exact) mass is 334 g/mol. The zero-order chi connectivity index (χ0) is 18.3. The van der Waals surface area contributed by atoms with Gasteiger partial charge in [-0.15, -0.1) is 0 Å². The molecule has 134 valence electrons. The van der Waals surface area contributed by atoms with E-state index in [1.807, 2.05) is 27.7 Å². The van der Waals surface area contributed by atoms with Gasteiger partial charge in [0, 0.05) is 0 Å². The lowest BCUT2D eigenvalue weighted by atomic mass is 10.0. The normalized spacial score (nSPS) is 15.9. The van der Waals surface area contributed by atoms with Gasteiger partial charge in [0.2, 0.25) is 0 Å². The van der Waals surface area contributed by atoms with E-state index in [-0.39, 0.29) is 35.2 Å². The van der Waals surface area contributed by atoms with E-state index in [0.717, 1.165) is 12.8 Å². The molecule has 4 nitrogen and oxygen atoms in total. The summed E-state index contributed by atoms with van der Waals surface area (Å²) >= 11 is 0. The van der Waals surface area contributed by atoms with Crippen molar-refractivity contribution in [3.63, 3.8) is 0 Å². The number of ether oxygens (including phenoxy) is 2. The minimum absolute atomic E-state index is 0.203. The van der Waals surface area contributed by atoms with Crippen LogP contribution >= 0.6 is 0 Å². The molecule has 0 aliphatic rings. The third kappa shape index (κ3) is 5.36. The summed E-state index contributed by atoms with van der Waals surface area (Å²) < 4.78 is 11.0. The summed E-state index contributed by atoms with van der Waals surface area (Å²) in [6, 6.07) is 6.66. The molecule has 0 aliphatic carbocycles. The van der Waals surface area contributed by atoms with Gasteiger partial charge in [-0.25, -0.2) is 9.59 Å². The van der Waals surface area contributed by atoms with Crippen LogP contribution in [0.5, 0.6) is 0 Å². The van der Waals surface area contributed by atoms with Gasteiger partial charge in [0.25, 0.3) is 0 Å². The van der Waals surface area contributed by atoms with Crippen molar-refractivity contribution in [1.29, 1.82) is 0 Å². The minimum Gasteiger partial charge on any atom is -0.459 e. The summed E-state index contributed by atoms with van der Waals surface area (Å²) in [6.45, 7) is 11.9. The Bertz CT molecular complexity index is 503. The highest BCUT2D eigenvalue weighted by Gasteiger charge is 2.24. The van der Waals surface area contributed by atoms with Crippen molar-refractivity contribution in [3.8, 4) is 0 Å². The van der Waals surface area contributed by atoms with Crippen LogP contribution in [-0.4, -0.2) is 24.1 Å². The summed E-state index contributed by atoms with van der Waals surface area (Å²) in [5.74, 6) is -0.435. The maximum absolute atomic E-state index is 12.4. The first-order valence-electron chi connectivity index (χ1n) is 8.82. The van der Waals surface area contributed by atoms with Gasteiger partial charge >= 0.3 is 11.9 Å². The molecule has 1 aromatic carbocycles. The van der Waals surface area contributed by atoms with E-state index in [2.05, 4.69) is 13.8 Å². The molecule has 0 bridgehead atoms. The topological polar surface area (TPSA) is 52.6 Å². The van der Waals surface area contributed by atoms with Crippen molar-refractivity contribution in [2.45, 2.75) is 66.6 Å². The molecule has 0 spiro atoms. The maximum Gasteiger partial charge on any atom is 0.339 e. The molecule has 0 aromatic heterocycles. The minimum atomic E-state index is -0.480. The Morgan fingerprint density at radius 3 is 1.42 bits per heavy atom. The first-order valence-corrected chi connectivity index (χ1v) is 8.82. The average Bonchev–Trinajstić information content (AvgIpc) is 2.59. The standard InChI is InChI=1S/C20H30O4/c1-7-13(3)15(5)23-19(21)17-11-9-10-12-18(17)20(22)24-16(6)14(4)8-2/h9-16H,7-8H2,1-6H3. The van der Waals surface area contributed by atoms with E-state index in [1.54, 1.807) is 24.3 Å². The van der Waals surface area contributed by atoms with Crippen molar-refractivity contribution in [2.75, 3.05) is 0 Å². The molecule has 4 unspecified atom stereocenters. The van der Waals surface area contributed by atoms with E-state index in [0.29, 0.717) is 0 Å². The van der Waals surface area contributed by atoms with Gasteiger partial charge in [0.15, 0.2) is 0 Å². The molecule has 1 rings (SSSR count). The number of hydrogen-bond donors (Lipinski definition) is 0. The third-order valence-corrected chi connectivity index (χ3v) is 4.84. The van der Waals surface area contributed by atoms with Crippen LogP contribution in [0.25, 0.3) is 0 Å². The van der Waals surface area contributed by atoms with Gasteiger partial charge in [-0.3, -0.25) is 0 Å².